The quantitative estimate of drug-likeness (QED) is 0.198. The third kappa shape index (κ3) is 4.91. The van der Waals surface area contributed by atoms with Crippen LogP contribution in [0.2, 0.25) is 0 Å². The highest BCUT2D eigenvalue weighted by Gasteiger charge is 2.10. The number of rotatable bonds is 6. The van der Waals surface area contributed by atoms with Gasteiger partial charge in [-0.1, -0.05) is 36.4 Å². The summed E-state index contributed by atoms with van der Waals surface area (Å²) in [4.78, 5) is 10.5. The number of benzene rings is 3. The molecule has 0 aromatic heterocycles. The van der Waals surface area contributed by atoms with Crippen molar-refractivity contribution in [3.63, 3.8) is 0 Å². The first-order chi connectivity index (χ1) is 14.5. The first-order valence-corrected chi connectivity index (χ1v) is 9.58. The van der Waals surface area contributed by atoms with E-state index in [1.807, 2.05) is 12.1 Å². The van der Waals surface area contributed by atoms with Crippen LogP contribution in [0.15, 0.2) is 71.2 Å². The topological polar surface area (TPSA) is 99.9 Å². The van der Waals surface area contributed by atoms with Crippen molar-refractivity contribution in [1.29, 1.82) is 10.5 Å². The lowest BCUT2D eigenvalue weighted by atomic mass is 10.0. The number of ether oxygens (including phenoxy) is 1. The molecule has 0 aliphatic heterocycles. The molecule has 3 aromatic carbocycles. The Morgan fingerprint density at radius 2 is 1.90 bits per heavy atom. The van der Waals surface area contributed by atoms with Gasteiger partial charge in [0.2, 0.25) is 0 Å². The van der Waals surface area contributed by atoms with Crippen molar-refractivity contribution in [2.75, 3.05) is 0 Å². The molecule has 3 aromatic rings. The molecule has 0 aliphatic rings. The second kappa shape index (κ2) is 9.51. The number of nitro groups is 1. The molecule has 0 fully saturated rings. The van der Waals surface area contributed by atoms with Gasteiger partial charge in [-0.25, -0.2) is 0 Å². The lowest BCUT2D eigenvalue weighted by molar-refractivity contribution is -0.384. The number of halogens is 1. The monoisotopic (exact) mass is 459 g/mol. The molecular formula is C23H14BrN3O3. The summed E-state index contributed by atoms with van der Waals surface area (Å²) in [5.74, 6) is 0.591. The summed E-state index contributed by atoms with van der Waals surface area (Å²) in [5.41, 5.74) is 2.78. The van der Waals surface area contributed by atoms with E-state index < -0.39 is 4.92 Å². The van der Waals surface area contributed by atoms with Crippen molar-refractivity contribution in [2.45, 2.75) is 6.61 Å². The standard InChI is InChI=1S/C23H14BrN3O3/c24-22-11-16(10-20(14-26)17-6-3-7-21(12-17)27(28)29)8-9-23(22)30-15-19-5-2-1-4-18(19)13-25/h1-12H,15H2/b20-10-. The summed E-state index contributed by atoms with van der Waals surface area (Å²) in [6, 6.07) is 22.7. The van der Waals surface area contributed by atoms with Crippen molar-refractivity contribution in [2.24, 2.45) is 0 Å². The molecule has 0 heterocycles. The first kappa shape index (κ1) is 20.8. The molecule has 3 rings (SSSR count). The van der Waals surface area contributed by atoms with Gasteiger partial charge in [-0.05, 0) is 51.3 Å². The highest BCUT2D eigenvalue weighted by atomic mass is 79.9. The minimum Gasteiger partial charge on any atom is -0.488 e. The van der Waals surface area contributed by atoms with Crippen LogP contribution < -0.4 is 4.74 Å². The minimum absolute atomic E-state index is 0.0729. The lowest BCUT2D eigenvalue weighted by Crippen LogP contribution is -1.98. The summed E-state index contributed by atoms with van der Waals surface area (Å²) in [7, 11) is 0. The van der Waals surface area contributed by atoms with Crippen LogP contribution in [0, 0.1) is 32.8 Å². The molecule has 0 bridgehead atoms. The van der Waals surface area contributed by atoms with Gasteiger partial charge in [-0.3, -0.25) is 10.1 Å². The van der Waals surface area contributed by atoms with E-state index in [1.54, 1.807) is 48.5 Å². The van der Waals surface area contributed by atoms with Gasteiger partial charge in [0.25, 0.3) is 5.69 Å². The zero-order valence-electron chi connectivity index (χ0n) is 15.6. The molecule has 0 N–H and O–H groups in total. The van der Waals surface area contributed by atoms with E-state index in [2.05, 4.69) is 28.1 Å². The van der Waals surface area contributed by atoms with Crippen LogP contribution in [-0.4, -0.2) is 4.92 Å². The molecule has 0 saturated carbocycles. The molecule has 0 saturated heterocycles. The Hall–Kier alpha value is -3.94. The largest absolute Gasteiger partial charge is 0.488 e. The average Bonchev–Trinajstić information content (AvgIpc) is 2.77. The fraction of sp³-hybridized carbons (Fsp3) is 0.0435. The second-order valence-corrected chi connectivity index (χ2v) is 7.08. The van der Waals surface area contributed by atoms with E-state index in [9.17, 15) is 20.6 Å². The van der Waals surface area contributed by atoms with Crippen molar-refractivity contribution in [3.05, 3.63) is 104 Å². The number of nitro benzene ring substituents is 1. The molecule has 6 nitrogen and oxygen atoms in total. The maximum Gasteiger partial charge on any atom is 0.270 e. The summed E-state index contributed by atoms with van der Waals surface area (Å²) in [5, 5.41) is 29.6. The van der Waals surface area contributed by atoms with Crippen LogP contribution >= 0.6 is 15.9 Å². The maximum atomic E-state index is 11.0. The zero-order valence-corrected chi connectivity index (χ0v) is 17.2. The molecule has 30 heavy (non-hydrogen) atoms. The fourth-order valence-corrected chi connectivity index (χ4v) is 3.28. The van der Waals surface area contributed by atoms with Crippen LogP contribution in [0.3, 0.4) is 0 Å². The van der Waals surface area contributed by atoms with E-state index in [0.29, 0.717) is 26.9 Å². The zero-order chi connectivity index (χ0) is 21.5. The van der Waals surface area contributed by atoms with Crippen molar-refractivity contribution >= 4 is 33.3 Å². The highest BCUT2D eigenvalue weighted by molar-refractivity contribution is 9.10. The van der Waals surface area contributed by atoms with Crippen LogP contribution in [0.4, 0.5) is 5.69 Å². The number of non-ortho nitro benzene ring substituents is 1. The Balaban J connectivity index is 1.82. The van der Waals surface area contributed by atoms with Gasteiger partial charge in [0.1, 0.15) is 12.4 Å². The van der Waals surface area contributed by atoms with Crippen molar-refractivity contribution < 1.29 is 9.66 Å². The van der Waals surface area contributed by atoms with Gasteiger partial charge < -0.3 is 4.74 Å². The van der Waals surface area contributed by atoms with Gasteiger partial charge in [0, 0.05) is 17.7 Å². The molecule has 0 aliphatic carbocycles. The number of allylic oxidation sites excluding steroid dienone is 1. The molecule has 0 amide bonds. The minimum atomic E-state index is -0.494. The third-order valence-corrected chi connectivity index (χ3v) is 4.90. The Kier molecular flexibility index (Phi) is 6.59. The number of nitriles is 2. The SMILES string of the molecule is N#C/C(=C/c1ccc(OCc2ccccc2C#N)c(Br)c1)c1cccc([N+](=O)[O-])c1. The van der Waals surface area contributed by atoms with Crippen LogP contribution in [0.5, 0.6) is 5.75 Å². The van der Waals surface area contributed by atoms with E-state index in [0.717, 1.165) is 11.1 Å². The predicted octanol–water partition coefficient (Wildman–Crippen LogP) is 5.87. The van der Waals surface area contributed by atoms with E-state index in [4.69, 9.17) is 4.74 Å². The normalized spacial score (nSPS) is 10.7. The van der Waals surface area contributed by atoms with Crippen LogP contribution in [0.25, 0.3) is 11.6 Å². The summed E-state index contributed by atoms with van der Waals surface area (Å²) < 4.78 is 6.50. The van der Waals surface area contributed by atoms with E-state index in [-0.39, 0.29) is 12.3 Å². The lowest BCUT2D eigenvalue weighted by Gasteiger charge is -2.10. The molecular weight excluding hydrogens is 446 g/mol. The number of hydrogen-bond acceptors (Lipinski definition) is 5. The van der Waals surface area contributed by atoms with Crippen LogP contribution in [-0.2, 0) is 6.61 Å². The van der Waals surface area contributed by atoms with Gasteiger partial charge in [-0.2, -0.15) is 10.5 Å². The maximum absolute atomic E-state index is 11.0. The molecule has 0 atom stereocenters. The third-order valence-electron chi connectivity index (χ3n) is 4.28. The van der Waals surface area contributed by atoms with Crippen LogP contribution in [0.1, 0.15) is 22.3 Å². The number of nitrogens with zero attached hydrogens (tertiary/aromatic N) is 3. The van der Waals surface area contributed by atoms with E-state index >= 15 is 0 Å². The summed E-state index contributed by atoms with van der Waals surface area (Å²) in [6.45, 7) is 0.245. The van der Waals surface area contributed by atoms with Gasteiger partial charge in [-0.15, -0.1) is 0 Å². The Morgan fingerprint density at radius 3 is 2.60 bits per heavy atom. The highest BCUT2D eigenvalue weighted by Crippen LogP contribution is 2.29. The second-order valence-electron chi connectivity index (χ2n) is 6.22. The molecule has 0 unspecified atom stereocenters. The molecule has 7 heteroatoms. The molecule has 146 valence electrons. The molecule has 0 spiro atoms. The Morgan fingerprint density at radius 1 is 1.10 bits per heavy atom. The smallest absolute Gasteiger partial charge is 0.270 e. The average molecular weight is 460 g/mol. The van der Waals surface area contributed by atoms with E-state index in [1.165, 1.54) is 12.1 Å². The van der Waals surface area contributed by atoms with Crippen molar-refractivity contribution in [3.8, 4) is 17.9 Å². The summed E-state index contributed by atoms with van der Waals surface area (Å²) in [6.07, 6.45) is 1.65. The fourth-order valence-electron chi connectivity index (χ4n) is 2.77. The first-order valence-electron chi connectivity index (χ1n) is 8.79. The molecule has 0 radical (unpaired) electrons. The summed E-state index contributed by atoms with van der Waals surface area (Å²) >= 11 is 3.46. The van der Waals surface area contributed by atoms with Gasteiger partial charge in [0.15, 0.2) is 0 Å². The predicted molar refractivity (Wildman–Crippen MR) is 116 cm³/mol. The van der Waals surface area contributed by atoms with Gasteiger partial charge >= 0.3 is 0 Å². The number of hydrogen-bond donors (Lipinski definition) is 0. The van der Waals surface area contributed by atoms with Gasteiger partial charge in [0.05, 0.1) is 32.7 Å². The Bertz CT molecular complexity index is 1220. The Labute approximate surface area is 181 Å². The van der Waals surface area contributed by atoms with Crippen molar-refractivity contribution in [1.82, 2.24) is 0 Å².